The number of benzene rings is 3. The first kappa shape index (κ1) is 28.1. The Hall–Kier alpha value is -3.92. The predicted molar refractivity (Wildman–Crippen MR) is 156 cm³/mol. The molecule has 0 aliphatic carbocycles. The van der Waals surface area contributed by atoms with Crippen molar-refractivity contribution in [3.63, 3.8) is 0 Å². The Kier molecular flexibility index (Phi) is 9.19. The molecule has 10 heteroatoms. The van der Waals surface area contributed by atoms with Gasteiger partial charge in [0.25, 0.3) is 0 Å². The van der Waals surface area contributed by atoms with Crippen LogP contribution < -0.4 is 5.32 Å². The minimum atomic E-state index is -4.38. The van der Waals surface area contributed by atoms with Crippen molar-refractivity contribution in [3.8, 4) is 0 Å². The number of hydrogen-bond donors (Lipinski definition) is 2. The average Bonchev–Trinajstić information content (AvgIpc) is 2.93. The highest BCUT2D eigenvalue weighted by atomic mass is 32.2. The molecule has 4 rings (SSSR count). The van der Waals surface area contributed by atoms with Crippen LogP contribution in [0, 0.1) is 5.41 Å². The van der Waals surface area contributed by atoms with Crippen molar-refractivity contribution >= 4 is 46.7 Å². The van der Waals surface area contributed by atoms with Gasteiger partial charge in [0, 0.05) is 23.5 Å². The lowest BCUT2D eigenvalue weighted by Gasteiger charge is -2.25. The third-order valence-electron chi connectivity index (χ3n) is 5.91. The SMILES string of the molecule is CC(C)c1ccccc1/N=C1\SCCCN1/N=C/c1ccc(C(=N)/N=C\Nc2ccc(C(F)(F)F)cc2)cc1. The van der Waals surface area contributed by atoms with Gasteiger partial charge in [-0.25, -0.2) is 15.0 Å². The summed E-state index contributed by atoms with van der Waals surface area (Å²) in [4.78, 5) is 8.97. The van der Waals surface area contributed by atoms with Crippen LogP contribution in [0.4, 0.5) is 24.5 Å². The van der Waals surface area contributed by atoms with E-state index >= 15 is 0 Å². The number of aliphatic imine (C=N–C) groups is 2. The molecule has 0 aromatic heterocycles. The fraction of sp³-hybridized carbons (Fsp3) is 0.241. The maximum absolute atomic E-state index is 12.7. The molecule has 0 amide bonds. The first-order valence-corrected chi connectivity index (χ1v) is 13.5. The number of anilines is 1. The van der Waals surface area contributed by atoms with Crippen LogP contribution in [0.3, 0.4) is 0 Å². The summed E-state index contributed by atoms with van der Waals surface area (Å²) in [5, 5.41) is 18.4. The lowest BCUT2D eigenvalue weighted by atomic mass is 10.0. The van der Waals surface area contributed by atoms with Crippen LogP contribution in [0.1, 0.15) is 48.4 Å². The lowest BCUT2D eigenvalue weighted by molar-refractivity contribution is -0.137. The lowest BCUT2D eigenvalue weighted by Crippen LogP contribution is -2.29. The van der Waals surface area contributed by atoms with E-state index in [1.807, 2.05) is 35.3 Å². The highest BCUT2D eigenvalue weighted by Crippen LogP contribution is 2.30. The quantitative estimate of drug-likeness (QED) is 0.233. The van der Waals surface area contributed by atoms with Gasteiger partial charge in [-0.15, -0.1) is 0 Å². The van der Waals surface area contributed by atoms with Gasteiger partial charge in [0.15, 0.2) is 11.0 Å². The summed E-state index contributed by atoms with van der Waals surface area (Å²) in [6.07, 6.45) is -0.305. The van der Waals surface area contributed by atoms with E-state index in [9.17, 15) is 13.2 Å². The molecule has 1 saturated heterocycles. The minimum Gasteiger partial charge on any atom is -0.346 e. The maximum Gasteiger partial charge on any atom is 0.416 e. The second kappa shape index (κ2) is 12.8. The number of rotatable bonds is 7. The molecular formula is C29H29F3N6S. The summed E-state index contributed by atoms with van der Waals surface area (Å²) >= 11 is 1.70. The highest BCUT2D eigenvalue weighted by Gasteiger charge is 2.29. The Morgan fingerprint density at radius 2 is 1.74 bits per heavy atom. The van der Waals surface area contributed by atoms with Crippen LogP contribution >= 0.6 is 11.8 Å². The number of amidine groups is 2. The zero-order valence-electron chi connectivity index (χ0n) is 21.6. The van der Waals surface area contributed by atoms with Crippen molar-refractivity contribution in [2.75, 3.05) is 17.6 Å². The van der Waals surface area contributed by atoms with Crippen LogP contribution in [0.5, 0.6) is 0 Å². The van der Waals surface area contributed by atoms with Gasteiger partial charge in [0.1, 0.15) is 0 Å². The van der Waals surface area contributed by atoms with E-state index < -0.39 is 11.7 Å². The molecule has 0 radical (unpaired) electrons. The van der Waals surface area contributed by atoms with Crippen molar-refractivity contribution in [1.29, 1.82) is 5.41 Å². The van der Waals surface area contributed by atoms with E-state index in [0.29, 0.717) is 17.2 Å². The van der Waals surface area contributed by atoms with Crippen LogP contribution in [-0.2, 0) is 6.18 Å². The highest BCUT2D eigenvalue weighted by molar-refractivity contribution is 8.13. The fourth-order valence-corrected chi connectivity index (χ4v) is 4.70. The third-order valence-corrected chi connectivity index (χ3v) is 6.96. The van der Waals surface area contributed by atoms with Gasteiger partial charge in [-0.2, -0.15) is 18.3 Å². The predicted octanol–water partition coefficient (Wildman–Crippen LogP) is 7.76. The third kappa shape index (κ3) is 7.79. The standard InChI is InChI=1S/C29H29F3N6S/c1-20(2)25-6-3-4-7-26(25)37-28-38(16-5-17-39-28)36-18-21-8-10-22(11-9-21)27(33)35-19-34-24-14-12-23(13-15-24)29(30,31)32/h3-4,6-15,18-20H,5,16-17H2,1-2H3,(H2,33,34,35)/b36-18+,37-28-. The van der Waals surface area contributed by atoms with Crippen molar-refractivity contribution in [3.05, 3.63) is 95.1 Å². The smallest absolute Gasteiger partial charge is 0.346 e. The van der Waals surface area contributed by atoms with Gasteiger partial charge in [-0.05, 0) is 53.8 Å². The number of hydrogen-bond acceptors (Lipinski definition) is 4. The van der Waals surface area contributed by atoms with E-state index in [-0.39, 0.29) is 5.84 Å². The molecule has 0 unspecified atom stereocenters. The molecular weight excluding hydrogens is 521 g/mol. The Labute approximate surface area is 230 Å². The summed E-state index contributed by atoms with van der Waals surface area (Å²) < 4.78 is 38.0. The van der Waals surface area contributed by atoms with Crippen LogP contribution in [0.25, 0.3) is 0 Å². The van der Waals surface area contributed by atoms with Crippen molar-refractivity contribution in [2.24, 2.45) is 15.1 Å². The normalized spacial score (nSPS) is 15.5. The largest absolute Gasteiger partial charge is 0.416 e. The Morgan fingerprint density at radius 3 is 2.44 bits per heavy atom. The molecule has 1 aliphatic heterocycles. The number of hydrazone groups is 1. The topological polar surface area (TPSA) is 76.2 Å². The second-order valence-corrected chi connectivity index (χ2v) is 10.2. The van der Waals surface area contributed by atoms with E-state index in [2.05, 4.69) is 35.3 Å². The molecule has 0 bridgehead atoms. The van der Waals surface area contributed by atoms with Crippen LogP contribution in [0.2, 0.25) is 0 Å². The molecule has 3 aromatic carbocycles. The number of alkyl halides is 3. The molecule has 0 spiro atoms. The monoisotopic (exact) mass is 550 g/mol. The van der Waals surface area contributed by atoms with E-state index in [1.54, 1.807) is 30.1 Å². The zero-order valence-corrected chi connectivity index (χ0v) is 22.4. The Morgan fingerprint density at radius 1 is 1.03 bits per heavy atom. The van der Waals surface area contributed by atoms with Gasteiger partial charge >= 0.3 is 6.18 Å². The molecule has 3 aromatic rings. The van der Waals surface area contributed by atoms with E-state index in [4.69, 9.17) is 10.4 Å². The van der Waals surface area contributed by atoms with E-state index in [0.717, 1.165) is 47.3 Å². The molecule has 1 fully saturated rings. The number of nitrogens with one attached hydrogen (secondary N) is 2. The fourth-order valence-electron chi connectivity index (χ4n) is 3.79. The molecule has 0 saturated carbocycles. The summed E-state index contributed by atoms with van der Waals surface area (Å²) in [5.74, 6) is 1.39. The average molecular weight is 551 g/mol. The summed E-state index contributed by atoms with van der Waals surface area (Å²) in [5.41, 5.74) is 3.36. The maximum atomic E-state index is 12.7. The van der Waals surface area contributed by atoms with Gasteiger partial charge in [-0.3, -0.25) is 5.41 Å². The first-order valence-electron chi connectivity index (χ1n) is 12.5. The van der Waals surface area contributed by atoms with Gasteiger partial charge in [-0.1, -0.05) is 68.1 Å². The molecule has 0 atom stereocenters. The Balaban J connectivity index is 1.38. The number of halogens is 3. The van der Waals surface area contributed by atoms with Crippen molar-refractivity contribution in [2.45, 2.75) is 32.4 Å². The van der Waals surface area contributed by atoms with Crippen LogP contribution in [0.15, 0.2) is 87.9 Å². The zero-order chi connectivity index (χ0) is 27.8. The summed E-state index contributed by atoms with van der Waals surface area (Å²) in [6.45, 7) is 5.11. The Bertz CT molecular complexity index is 1360. The number of nitrogens with zero attached hydrogens (tertiary/aromatic N) is 4. The summed E-state index contributed by atoms with van der Waals surface area (Å²) in [7, 11) is 0. The second-order valence-electron chi connectivity index (χ2n) is 9.13. The number of para-hydroxylation sites is 1. The molecule has 6 nitrogen and oxygen atoms in total. The van der Waals surface area contributed by atoms with E-state index in [1.165, 1.54) is 24.0 Å². The first-order chi connectivity index (χ1) is 18.7. The minimum absolute atomic E-state index is 0.0172. The van der Waals surface area contributed by atoms with Gasteiger partial charge in [0.05, 0.1) is 23.8 Å². The molecule has 39 heavy (non-hydrogen) atoms. The van der Waals surface area contributed by atoms with Crippen molar-refractivity contribution < 1.29 is 13.2 Å². The summed E-state index contributed by atoms with van der Waals surface area (Å²) in [6, 6.07) is 20.0. The molecule has 1 heterocycles. The molecule has 202 valence electrons. The molecule has 1 aliphatic rings. The van der Waals surface area contributed by atoms with Crippen LogP contribution in [-0.4, -0.2) is 40.9 Å². The molecule has 2 N–H and O–H groups in total. The van der Waals surface area contributed by atoms with Gasteiger partial charge in [0.2, 0.25) is 0 Å². The van der Waals surface area contributed by atoms with Crippen molar-refractivity contribution in [1.82, 2.24) is 5.01 Å². The number of thioether (sulfide) groups is 1. The van der Waals surface area contributed by atoms with Gasteiger partial charge < -0.3 is 5.32 Å².